The molecule has 1 N–H and O–H groups in total. The molecule has 1 aliphatic heterocycles. The lowest BCUT2D eigenvalue weighted by Gasteiger charge is -2.38. The number of nitro groups is 1. The number of rotatable bonds is 6. The van der Waals surface area contributed by atoms with Crippen LogP contribution in [0.2, 0.25) is 0 Å². The molecular weight excluding hydrogens is 384 g/mol. The van der Waals surface area contributed by atoms with Gasteiger partial charge in [-0.25, -0.2) is 9.97 Å². The average molecular weight is 412 g/mol. The fourth-order valence-corrected chi connectivity index (χ4v) is 3.47. The van der Waals surface area contributed by atoms with E-state index < -0.39 is 11.0 Å². The zero-order valence-electron chi connectivity index (χ0n) is 17.8. The minimum atomic E-state index is -0.492. The molecule has 2 heterocycles. The lowest BCUT2D eigenvalue weighted by Crippen LogP contribution is -2.53. The third kappa shape index (κ3) is 4.91. The standard InChI is InChI=1S/C21H28N6O3/c1-14(2)20-22-15(3)13-19(24-20)26-11-9-25(10-12-26)16(4)21(28)23-17-7-5-6-8-18(17)27(29)30/h5-8,13-14,16H,9-12H2,1-4H3,(H,23,28). The Morgan fingerprint density at radius 3 is 2.43 bits per heavy atom. The van der Waals surface area contributed by atoms with Crippen LogP contribution >= 0.6 is 0 Å². The first-order valence-electron chi connectivity index (χ1n) is 10.1. The zero-order chi connectivity index (χ0) is 21.8. The van der Waals surface area contributed by atoms with E-state index in [4.69, 9.17) is 4.98 Å². The van der Waals surface area contributed by atoms with E-state index >= 15 is 0 Å². The van der Waals surface area contributed by atoms with E-state index in [-0.39, 0.29) is 23.2 Å². The van der Waals surface area contributed by atoms with Crippen LogP contribution in [0.5, 0.6) is 0 Å². The largest absolute Gasteiger partial charge is 0.354 e. The summed E-state index contributed by atoms with van der Waals surface area (Å²) in [5, 5.41) is 13.9. The van der Waals surface area contributed by atoms with Gasteiger partial charge >= 0.3 is 0 Å². The minimum Gasteiger partial charge on any atom is -0.354 e. The van der Waals surface area contributed by atoms with Crippen LogP contribution in [0.25, 0.3) is 0 Å². The van der Waals surface area contributed by atoms with E-state index in [1.165, 1.54) is 6.07 Å². The second-order valence-electron chi connectivity index (χ2n) is 7.84. The van der Waals surface area contributed by atoms with Gasteiger partial charge in [-0.3, -0.25) is 19.8 Å². The fourth-order valence-electron chi connectivity index (χ4n) is 3.47. The highest BCUT2D eigenvalue weighted by atomic mass is 16.6. The van der Waals surface area contributed by atoms with Gasteiger partial charge in [0, 0.05) is 49.9 Å². The van der Waals surface area contributed by atoms with E-state index in [1.807, 2.05) is 19.9 Å². The van der Waals surface area contributed by atoms with Crippen LogP contribution < -0.4 is 10.2 Å². The van der Waals surface area contributed by atoms with Crippen molar-refractivity contribution >= 4 is 23.1 Å². The number of aromatic nitrogens is 2. The number of benzene rings is 1. The predicted molar refractivity (Wildman–Crippen MR) is 116 cm³/mol. The Hall–Kier alpha value is -3.07. The van der Waals surface area contributed by atoms with Crippen LogP contribution in [0.3, 0.4) is 0 Å². The number of hydrogen-bond donors (Lipinski definition) is 1. The molecule has 0 saturated carbocycles. The molecule has 1 amide bonds. The molecule has 160 valence electrons. The Bertz CT molecular complexity index is 925. The van der Waals surface area contributed by atoms with Crippen molar-refractivity contribution in [3.63, 3.8) is 0 Å². The molecule has 0 radical (unpaired) electrons. The molecule has 0 bridgehead atoms. The number of amides is 1. The highest BCUT2D eigenvalue weighted by Crippen LogP contribution is 2.24. The van der Waals surface area contributed by atoms with Crippen molar-refractivity contribution in [2.24, 2.45) is 0 Å². The van der Waals surface area contributed by atoms with Gasteiger partial charge in [0.15, 0.2) is 0 Å². The zero-order valence-corrected chi connectivity index (χ0v) is 17.8. The van der Waals surface area contributed by atoms with E-state index in [2.05, 4.69) is 33.9 Å². The van der Waals surface area contributed by atoms with Crippen molar-refractivity contribution in [3.05, 3.63) is 52.0 Å². The van der Waals surface area contributed by atoms with Crippen molar-refractivity contribution in [1.82, 2.24) is 14.9 Å². The molecule has 0 aliphatic carbocycles. The number of carbonyl (C=O) groups is 1. The van der Waals surface area contributed by atoms with Gasteiger partial charge in [0.25, 0.3) is 5.69 Å². The number of carbonyl (C=O) groups excluding carboxylic acids is 1. The highest BCUT2D eigenvalue weighted by Gasteiger charge is 2.27. The van der Waals surface area contributed by atoms with Gasteiger partial charge in [-0.05, 0) is 19.9 Å². The SMILES string of the molecule is Cc1cc(N2CCN(C(C)C(=O)Nc3ccccc3[N+](=O)[O-])CC2)nc(C(C)C)n1. The molecule has 1 atom stereocenters. The normalized spacial score (nSPS) is 15.8. The van der Waals surface area contributed by atoms with Gasteiger partial charge in [0.2, 0.25) is 5.91 Å². The first kappa shape index (κ1) is 21.6. The maximum absolute atomic E-state index is 12.7. The molecule has 1 aromatic heterocycles. The van der Waals surface area contributed by atoms with E-state index in [0.29, 0.717) is 13.1 Å². The second kappa shape index (κ2) is 9.17. The summed E-state index contributed by atoms with van der Waals surface area (Å²) in [6.07, 6.45) is 0. The summed E-state index contributed by atoms with van der Waals surface area (Å²) < 4.78 is 0. The third-order valence-corrected chi connectivity index (χ3v) is 5.30. The summed E-state index contributed by atoms with van der Waals surface area (Å²) in [6, 6.07) is 7.77. The second-order valence-corrected chi connectivity index (χ2v) is 7.84. The van der Waals surface area contributed by atoms with Crippen molar-refractivity contribution in [2.75, 3.05) is 36.4 Å². The summed E-state index contributed by atoms with van der Waals surface area (Å²) in [4.78, 5) is 36.9. The summed E-state index contributed by atoms with van der Waals surface area (Å²) in [7, 11) is 0. The number of hydrogen-bond acceptors (Lipinski definition) is 7. The van der Waals surface area contributed by atoms with Crippen LogP contribution in [0.15, 0.2) is 30.3 Å². The molecule has 2 aromatic rings. The average Bonchev–Trinajstić information content (AvgIpc) is 2.73. The van der Waals surface area contributed by atoms with Crippen molar-refractivity contribution < 1.29 is 9.72 Å². The number of nitrogens with zero attached hydrogens (tertiary/aromatic N) is 5. The van der Waals surface area contributed by atoms with Gasteiger partial charge in [0.1, 0.15) is 17.3 Å². The van der Waals surface area contributed by atoms with Crippen molar-refractivity contribution in [1.29, 1.82) is 0 Å². The number of anilines is 2. The lowest BCUT2D eigenvalue weighted by atomic mass is 10.2. The van der Waals surface area contributed by atoms with Crippen LogP contribution in [0.4, 0.5) is 17.2 Å². The molecule has 1 aliphatic rings. The Balaban J connectivity index is 1.62. The Morgan fingerprint density at radius 2 is 1.80 bits per heavy atom. The number of aryl methyl sites for hydroxylation is 1. The molecule has 9 heteroatoms. The molecule has 3 rings (SSSR count). The van der Waals surface area contributed by atoms with Gasteiger partial charge < -0.3 is 10.2 Å². The topological polar surface area (TPSA) is 104 Å². The minimum absolute atomic E-state index is 0.108. The number of nitro benzene ring substituents is 1. The van der Waals surface area contributed by atoms with Crippen LogP contribution in [0.1, 0.15) is 38.2 Å². The number of piperazine rings is 1. The quantitative estimate of drug-likeness (QED) is 0.574. The molecule has 1 aromatic carbocycles. The maximum atomic E-state index is 12.7. The molecule has 1 fully saturated rings. The molecule has 0 spiro atoms. The summed E-state index contributed by atoms with van der Waals surface area (Å²) >= 11 is 0. The monoisotopic (exact) mass is 412 g/mol. The fraction of sp³-hybridized carbons (Fsp3) is 0.476. The van der Waals surface area contributed by atoms with Crippen LogP contribution in [-0.2, 0) is 4.79 Å². The van der Waals surface area contributed by atoms with E-state index in [1.54, 1.807) is 18.2 Å². The Labute approximate surface area is 176 Å². The predicted octanol–water partition coefficient (Wildman–Crippen LogP) is 2.97. The summed E-state index contributed by atoms with van der Waals surface area (Å²) in [5.41, 5.74) is 1.06. The lowest BCUT2D eigenvalue weighted by molar-refractivity contribution is -0.383. The van der Waals surface area contributed by atoms with Crippen LogP contribution in [-0.4, -0.2) is 57.9 Å². The molecule has 30 heavy (non-hydrogen) atoms. The van der Waals surface area contributed by atoms with E-state index in [9.17, 15) is 14.9 Å². The van der Waals surface area contributed by atoms with Crippen molar-refractivity contribution in [3.8, 4) is 0 Å². The first-order valence-corrected chi connectivity index (χ1v) is 10.1. The Morgan fingerprint density at radius 1 is 1.13 bits per heavy atom. The van der Waals surface area contributed by atoms with Gasteiger partial charge in [-0.1, -0.05) is 26.0 Å². The first-order chi connectivity index (χ1) is 14.3. The van der Waals surface area contributed by atoms with Gasteiger partial charge in [-0.2, -0.15) is 0 Å². The summed E-state index contributed by atoms with van der Waals surface area (Å²) in [5.74, 6) is 1.76. The summed E-state index contributed by atoms with van der Waals surface area (Å²) in [6.45, 7) is 10.8. The van der Waals surface area contributed by atoms with Crippen LogP contribution in [0, 0.1) is 17.0 Å². The highest BCUT2D eigenvalue weighted by molar-refractivity contribution is 5.96. The Kier molecular flexibility index (Phi) is 6.61. The smallest absolute Gasteiger partial charge is 0.292 e. The number of nitrogens with one attached hydrogen (secondary N) is 1. The van der Waals surface area contributed by atoms with Gasteiger partial charge in [-0.15, -0.1) is 0 Å². The van der Waals surface area contributed by atoms with Gasteiger partial charge in [0.05, 0.1) is 11.0 Å². The number of para-hydroxylation sites is 2. The molecule has 1 saturated heterocycles. The van der Waals surface area contributed by atoms with Crippen molar-refractivity contribution in [2.45, 2.75) is 39.7 Å². The maximum Gasteiger partial charge on any atom is 0.292 e. The van der Waals surface area contributed by atoms with E-state index in [0.717, 1.165) is 30.4 Å². The third-order valence-electron chi connectivity index (χ3n) is 5.30. The molecular formula is C21H28N6O3. The molecule has 1 unspecified atom stereocenters. The molecule has 9 nitrogen and oxygen atoms in total.